The standard InChI is InChI=1S/C11H11ClN4O/c1-6-3-4-7(5-8(6)17-2)9-14-10(12)16-11(13)15-9/h3-5H,1-2H3,(H2,13,14,15,16). The van der Waals surface area contributed by atoms with Crippen molar-refractivity contribution < 1.29 is 4.74 Å². The molecule has 88 valence electrons. The molecule has 6 heteroatoms. The van der Waals surface area contributed by atoms with E-state index in [1.807, 2.05) is 25.1 Å². The second-order valence-corrected chi connectivity index (χ2v) is 3.81. The highest BCUT2D eigenvalue weighted by atomic mass is 35.5. The summed E-state index contributed by atoms with van der Waals surface area (Å²) in [4.78, 5) is 11.8. The third-order valence-corrected chi connectivity index (χ3v) is 2.46. The summed E-state index contributed by atoms with van der Waals surface area (Å²) in [6.45, 7) is 1.96. The molecule has 0 fully saturated rings. The third kappa shape index (κ3) is 2.45. The highest BCUT2D eigenvalue weighted by molar-refractivity contribution is 6.28. The van der Waals surface area contributed by atoms with E-state index in [2.05, 4.69) is 15.0 Å². The van der Waals surface area contributed by atoms with Gasteiger partial charge in [0.15, 0.2) is 5.82 Å². The molecular formula is C11H11ClN4O. The van der Waals surface area contributed by atoms with Crippen molar-refractivity contribution in [3.63, 3.8) is 0 Å². The Balaban J connectivity index is 2.52. The van der Waals surface area contributed by atoms with Crippen molar-refractivity contribution in [2.75, 3.05) is 12.8 Å². The number of halogens is 1. The molecule has 0 spiro atoms. The zero-order valence-corrected chi connectivity index (χ0v) is 10.2. The van der Waals surface area contributed by atoms with E-state index in [0.29, 0.717) is 5.82 Å². The Morgan fingerprint density at radius 1 is 1.24 bits per heavy atom. The summed E-state index contributed by atoms with van der Waals surface area (Å²) in [6.07, 6.45) is 0. The predicted molar refractivity (Wildman–Crippen MR) is 66.0 cm³/mol. The molecule has 0 saturated heterocycles. The molecule has 2 rings (SSSR count). The zero-order chi connectivity index (χ0) is 12.4. The first kappa shape index (κ1) is 11.6. The van der Waals surface area contributed by atoms with Crippen molar-refractivity contribution in [1.82, 2.24) is 15.0 Å². The molecule has 0 amide bonds. The number of aromatic nitrogens is 3. The first-order chi connectivity index (χ1) is 8.10. The van der Waals surface area contributed by atoms with Crippen molar-refractivity contribution in [2.45, 2.75) is 6.92 Å². The number of nitrogens with two attached hydrogens (primary N) is 1. The van der Waals surface area contributed by atoms with E-state index in [0.717, 1.165) is 16.9 Å². The molecule has 0 radical (unpaired) electrons. The van der Waals surface area contributed by atoms with Gasteiger partial charge in [0, 0.05) is 5.56 Å². The molecule has 5 nitrogen and oxygen atoms in total. The Bertz CT molecular complexity index is 539. The lowest BCUT2D eigenvalue weighted by Gasteiger charge is -2.07. The Morgan fingerprint density at radius 3 is 2.65 bits per heavy atom. The Kier molecular flexibility index (Phi) is 3.10. The number of rotatable bonds is 2. The van der Waals surface area contributed by atoms with Crippen LogP contribution in [0, 0.1) is 6.92 Å². The Hall–Kier alpha value is -1.88. The van der Waals surface area contributed by atoms with Crippen molar-refractivity contribution in [3.8, 4) is 17.1 Å². The highest BCUT2D eigenvalue weighted by Crippen LogP contribution is 2.25. The van der Waals surface area contributed by atoms with E-state index in [9.17, 15) is 0 Å². The molecular weight excluding hydrogens is 240 g/mol. The molecule has 1 heterocycles. The maximum Gasteiger partial charge on any atom is 0.227 e. The van der Waals surface area contributed by atoms with Crippen LogP contribution in [-0.4, -0.2) is 22.1 Å². The zero-order valence-electron chi connectivity index (χ0n) is 9.44. The van der Waals surface area contributed by atoms with E-state index in [1.54, 1.807) is 7.11 Å². The van der Waals surface area contributed by atoms with Gasteiger partial charge in [0.1, 0.15) is 5.75 Å². The van der Waals surface area contributed by atoms with Gasteiger partial charge < -0.3 is 10.5 Å². The number of nitrogens with zero attached hydrogens (tertiary/aromatic N) is 3. The summed E-state index contributed by atoms with van der Waals surface area (Å²) in [5.41, 5.74) is 7.33. The number of anilines is 1. The number of methoxy groups -OCH3 is 1. The lowest BCUT2D eigenvalue weighted by Crippen LogP contribution is -2.00. The van der Waals surface area contributed by atoms with Gasteiger partial charge in [-0.1, -0.05) is 12.1 Å². The van der Waals surface area contributed by atoms with Crippen molar-refractivity contribution in [3.05, 3.63) is 29.0 Å². The number of benzene rings is 1. The molecule has 0 bridgehead atoms. The minimum atomic E-state index is 0.0760. The van der Waals surface area contributed by atoms with Crippen LogP contribution >= 0.6 is 11.6 Å². The van der Waals surface area contributed by atoms with Crippen LogP contribution in [0.1, 0.15) is 5.56 Å². The lowest BCUT2D eigenvalue weighted by molar-refractivity contribution is 0.412. The quantitative estimate of drug-likeness (QED) is 0.883. The topological polar surface area (TPSA) is 73.9 Å². The molecule has 2 aromatic rings. The van der Waals surface area contributed by atoms with Crippen molar-refractivity contribution >= 4 is 17.5 Å². The van der Waals surface area contributed by atoms with Gasteiger partial charge >= 0.3 is 0 Å². The highest BCUT2D eigenvalue weighted by Gasteiger charge is 2.07. The summed E-state index contributed by atoms with van der Waals surface area (Å²) in [5.74, 6) is 1.29. The van der Waals surface area contributed by atoms with E-state index in [-0.39, 0.29) is 11.2 Å². The number of aryl methyl sites for hydroxylation is 1. The smallest absolute Gasteiger partial charge is 0.227 e. The van der Waals surface area contributed by atoms with Gasteiger partial charge in [-0.15, -0.1) is 0 Å². The van der Waals surface area contributed by atoms with Crippen LogP contribution in [0.3, 0.4) is 0 Å². The fraction of sp³-hybridized carbons (Fsp3) is 0.182. The Labute approximate surface area is 104 Å². The van der Waals surface area contributed by atoms with Crippen LogP contribution in [0.4, 0.5) is 5.95 Å². The molecule has 0 aliphatic carbocycles. The van der Waals surface area contributed by atoms with Gasteiger partial charge in [-0.2, -0.15) is 15.0 Å². The Morgan fingerprint density at radius 2 is 2.00 bits per heavy atom. The third-order valence-electron chi connectivity index (χ3n) is 2.29. The van der Waals surface area contributed by atoms with Crippen molar-refractivity contribution in [2.24, 2.45) is 0 Å². The number of ether oxygens (including phenoxy) is 1. The van der Waals surface area contributed by atoms with E-state index >= 15 is 0 Å². The van der Waals surface area contributed by atoms with Crippen LogP contribution in [0.15, 0.2) is 18.2 Å². The lowest BCUT2D eigenvalue weighted by atomic mass is 10.1. The summed E-state index contributed by atoms with van der Waals surface area (Å²) >= 11 is 5.73. The van der Waals surface area contributed by atoms with Crippen LogP contribution in [0.5, 0.6) is 5.75 Å². The number of hydrogen-bond acceptors (Lipinski definition) is 5. The molecule has 1 aromatic carbocycles. The largest absolute Gasteiger partial charge is 0.496 e. The molecule has 2 N–H and O–H groups in total. The van der Waals surface area contributed by atoms with Gasteiger partial charge in [0.25, 0.3) is 0 Å². The summed E-state index contributed by atoms with van der Waals surface area (Å²) in [5, 5.41) is 0.0760. The maximum atomic E-state index is 5.73. The second kappa shape index (κ2) is 4.55. The summed E-state index contributed by atoms with van der Waals surface area (Å²) < 4.78 is 5.23. The van der Waals surface area contributed by atoms with E-state index in [1.165, 1.54) is 0 Å². The minimum Gasteiger partial charge on any atom is -0.496 e. The van der Waals surface area contributed by atoms with Gasteiger partial charge in [0.2, 0.25) is 11.2 Å². The van der Waals surface area contributed by atoms with Gasteiger partial charge in [-0.05, 0) is 30.2 Å². The second-order valence-electron chi connectivity index (χ2n) is 3.47. The van der Waals surface area contributed by atoms with Gasteiger partial charge in [0.05, 0.1) is 7.11 Å². The van der Waals surface area contributed by atoms with Gasteiger partial charge in [-0.3, -0.25) is 0 Å². The predicted octanol–water partition coefficient (Wildman–Crippen LogP) is 2.09. The van der Waals surface area contributed by atoms with E-state index < -0.39 is 0 Å². The molecule has 0 atom stereocenters. The monoisotopic (exact) mass is 250 g/mol. The fourth-order valence-corrected chi connectivity index (χ4v) is 1.62. The fourth-order valence-electron chi connectivity index (χ4n) is 1.45. The minimum absolute atomic E-state index is 0.0760. The van der Waals surface area contributed by atoms with E-state index in [4.69, 9.17) is 22.1 Å². The number of hydrogen-bond donors (Lipinski definition) is 1. The molecule has 0 unspecified atom stereocenters. The van der Waals surface area contributed by atoms with Crippen LogP contribution in [0.2, 0.25) is 5.28 Å². The van der Waals surface area contributed by atoms with Crippen LogP contribution in [0.25, 0.3) is 11.4 Å². The average Bonchev–Trinajstić information content (AvgIpc) is 2.28. The molecule has 0 aliphatic rings. The summed E-state index contributed by atoms with van der Waals surface area (Å²) in [7, 11) is 1.61. The first-order valence-corrected chi connectivity index (χ1v) is 5.30. The SMILES string of the molecule is COc1cc(-c2nc(N)nc(Cl)n2)ccc1C. The average molecular weight is 251 g/mol. The maximum absolute atomic E-state index is 5.73. The first-order valence-electron chi connectivity index (χ1n) is 4.92. The van der Waals surface area contributed by atoms with Crippen LogP contribution in [-0.2, 0) is 0 Å². The molecule has 0 aliphatic heterocycles. The van der Waals surface area contributed by atoms with Crippen LogP contribution < -0.4 is 10.5 Å². The van der Waals surface area contributed by atoms with Gasteiger partial charge in [-0.25, -0.2) is 0 Å². The number of nitrogen functional groups attached to an aromatic ring is 1. The molecule has 0 saturated carbocycles. The summed E-state index contributed by atoms with van der Waals surface area (Å²) in [6, 6.07) is 5.63. The molecule has 1 aromatic heterocycles. The normalized spacial score (nSPS) is 10.3. The molecule has 17 heavy (non-hydrogen) atoms. The van der Waals surface area contributed by atoms with Crippen molar-refractivity contribution in [1.29, 1.82) is 0 Å².